The van der Waals surface area contributed by atoms with Gasteiger partial charge in [0.2, 0.25) is 0 Å². The number of esters is 1. The lowest BCUT2D eigenvalue weighted by atomic mass is 10.2. The van der Waals surface area contributed by atoms with Crippen molar-refractivity contribution in [3.63, 3.8) is 0 Å². The van der Waals surface area contributed by atoms with E-state index in [0.29, 0.717) is 12.5 Å². The number of hydrogen-bond acceptors (Lipinski definition) is 5. The summed E-state index contributed by atoms with van der Waals surface area (Å²) in [5.41, 5.74) is 0. The minimum atomic E-state index is -0.193. The average Bonchev–Trinajstić information content (AvgIpc) is 3.19. The van der Waals surface area contributed by atoms with E-state index >= 15 is 0 Å². The molecule has 1 aromatic heterocycles. The molecule has 0 aliphatic heterocycles. The summed E-state index contributed by atoms with van der Waals surface area (Å²) in [7, 11) is 0. The Morgan fingerprint density at radius 1 is 1.47 bits per heavy atom. The molecule has 1 aliphatic rings. The van der Waals surface area contributed by atoms with Crippen molar-refractivity contribution < 1.29 is 9.53 Å². The normalized spacial score (nSPS) is 16.2. The molecule has 1 saturated carbocycles. The van der Waals surface area contributed by atoms with Gasteiger partial charge in [-0.25, -0.2) is 9.97 Å². The average molecular weight is 263 g/mol. The van der Waals surface area contributed by atoms with Crippen LogP contribution >= 0.6 is 0 Å². The maximum atomic E-state index is 11.7. The van der Waals surface area contributed by atoms with Crippen molar-refractivity contribution in [1.29, 1.82) is 0 Å². The van der Waals surface area contributed by atoms with E-state index in [4.69, 9.17) is 4.74 Å². The van der Waals surface area contributed by atoms with Crippen LogP contribution in [-0.2, 0) is 9.53 Å². The van der Waals surface area contributed by atoms with E-state index in [9.17, 15) is 4.79 Å². The molecule has 5 nitrogen and oxygen atoms in total. The number of hydrogen-bond donors (Lipinski definition) is 1. The van der Waals surface area contributed by atoms with Gasteiger partial charge in [-0.1, -0.05) is 6.92 Å². The lowest BCUT2D eigenvalue weighted by Crippen LogP contribution is -2.25. The second-order valence-corrected chi connectivity index (χ2v) is 5.34. The third kappa shape index (κ3) is 4.19. The number of anilines is 1. The maximum Gasteiger partial charge on any atom is 0.310 e. The first-order valence-electron chi connectivity index (χ1n) is 6.83. The molecule has 0 spiro atoms. The highest BCUT2D eigenvalue weighted by Gasteiger charge is 2.26. The molecule has 0 saturated heterocycles. The first-order chi connectivity index (χ1) is 9.06. The van der Waals surface area contributed by atoms with Crippen LogP contribution < -0.4 is 5.32 Å². The van der Waals surface area contributed by atoms with E-state index in [-0.39, 0.29) is 18.0 Å². The summed E-state index contributed by atoms with van der Waals surface area (Å²) in [6.45, 7) is 6.07. The molecule has 19 heavy (non-hydrogen) atoms. The van der Waals surface area contributed by atoms with Gasteiger partial charge in [-0.2, -0.15) is 0 Å². The molecule has 0 radical (unpaired) electrons. The van der Waals surface area contributed by atoms with Crippen molar-refractivity contribution in [3.05, 3.63) is 18.1 Å². The van der Waals surface area contributed by atoms with Crippen LogP contribution in [0.4, 0.5) is 5.82 Å². The van der Waals surface area contributed by atoms with E-state index in [0.717, 1.165) is 11.6 Å². The molecule has 5 heteroatoms. The minimum absolute atomic E-state index is 0.0736. The molecular weight excluding hydrogens is 242 g/mol. The maximum absolute atomic E-state index is 11.7. The van der Waals surface area contributed by atoms with Crippen LogP contribution in [0.2, 0.25) is 0 Å². The fourth-order valence-electron chi connectivity index (χ4n) is 1.70. The highest BCUT2D eigenvalue weighted by Crippen LogP contribution is 2.37. The fourth-order valence-corrected chi connectivity index (χ4v) is 1.70. The second kappa shape index (κ2) is 5.99. The number of carbonyl (C=O) groups is 1. The molecule has 1 unspecified atom stereocenters. The molecule has 0 bridgehead atoms. The summed E-state index contributed by atoms with van der Waals surface area (Å²) >= 11 is 0. The predicted molar refractivity (Wildman–Crippen MR) is 72.9 cm³/mol. The van der Waals surface area contributed by atoms with Crippen molar-refractivity contribution in [2.24, 2.45) is 5.92 Å². The van der Waals surface area contributed by atoms with E-state index in [1.165, 1.54) is 12.8 Å². The summed E-state index contributed by atoms with van der Waals surface area (Å²) < 4.78 is 5.16. The van der Waals surface area contributed by atoms with Gasteiger partial charge >= 0.3 is 5.97 Å². The molecule has 1 aromatic rings. The van der Waals surface area contributed by atoms with Gasteiger partial charge in [-0.05, 0) is 32.8 Å². The summed E-state index contributed by atoms with van der Waals surface area (Å²) in [5.74, 6) is 1.84. The second-order valence-electron chi connectivity index (χ2n) is 5.34. The van der Waals surface area contributed by atoms with Crippen LogP contribution in [-0.4, -0.2) is 28.6 Å². The molecule has 2 rings (SSSR count). The van der Waals surface area contributed by atoms with E-state index in [1.54, 1.807) is 6.20 Å². The Morgan fingerprint density at radius 3 is 2.84 bits per heavy atom. The van der Waals surface area contributed by atoms with Crippen molar-refractivity contribution >= 4 is 11.8 Å². The minimum Gasteiger partial charge on any atom is -0.463 e. The number of nitrogens with zero attached hydrogens (tertiary/aromatic N) is 2. The van der Waals surface area contributed by atoms with Gasteiger partial charge in [0.25, 0.3) is 0 Å². The highest BCUT2D eigenvalue weighted by atomic mass is 16.5. The van der Waals surface area contributed by atoms with Crippen LogP contribution in [0.5, 0.6) is 0 Å². The predicted octanol–water partition coefficient (Wildman–Crippen LogP) is 2.35. The van der Waals surface area contributed by atoms with Gasteiger partial charge in [-0.15, -0.1) is 0 Å². The lowest BCUT2D eigenvalue weighted by molar-refractivity contribution is -0.151. The molecule has 1 N–H and O–H groups in total. The zero-order valence-electron chi connectivity index (χ0n) is 11.7. The number of aromatic nitrogens is 2. The third-order valence-electron chi connectivity index (χ3n) is 2.96. The van der Waals surface area contributed by atoms with Crippen LogP contribution in [0.15, 0.2) is 12.3 Å². The van der Waals surface area contributed by atoms with Gasteiger partial charge < -0.3 is 10.1 Å². The van der Waals surface area contributed by atoms with Gasteiger partial charge in [0, 0.05) is 18.7 Å². The van der Waals surface area contributed by atoms with E-state index in [1.807, 2.05) is 26.8 Å². The Kier molecular flexibility index (Phi) is 4.35. The summed E-state index contributed by atoms with van der Waals surface area (Å²) in [6, 6.07) is 1.83. The molecule has 1 fully saturated rings. The van der Waals surface area contributed by atoms with E-state index in [2.05, 4.69) is 15.3 Å². The number of ether oxygens (including phenoxy) is 1. The first-order valence-corrected chi connectivity index (χ1v) is 6.83. The number of nitrogens with one attached hydrogen (secondary N) is 1. The standard InChI is InChI=1S/C14H21N3O2/c1-9(2)19-14(18)10(3)8-16-12-6-7-15-13(17-12)11-4-5-11/h6-7,9-11H,4-5,8H2,1-3H3,(H,15,16,17). The summed E-state index contributed by atoms with van der Waals surface area (Å²) in [5, 5.41) is 3.17. The monoisotopic (exact) mass is 263 g/mol. The van der Waals surface area contributed by atoms with Gasteiger partial charge in [0.15, 0.2) is 0 Å². The molecule has 1 heterocycles. The molecular formula is C14H21N3O2. The van der Waals surface area contributed by atoms with E-state index < -0.39 is 0 Å². The SMILES string of the molecule is CC(C)OC(=O)C(C)CNc1ccnc(C2CC2)n1. The zero-order valence-corrected chi connectivity index (χ0v) is 11.7. The van der Waals surface area contributed by atoms with Crippen LogP contribution in [0.25, 0.3) is 0 Å². The van der Waals surface area contributed by atoms with Crippen LogP contribution in [0.3, 0.4) is 0 Å². The van der Waals surface area contributed by atoms with Crippen molar-refractivity contribution in [2.75, 3.05) is 11.9 Å². The molecule has 104 valence electrons. The Balaban J connectivity index is 1.84. The van der Waals surface area contributed by atoms with Gasteiger partial charge in [0.05, 0.1) is 12.0 Å². The van der Waals surface area contributed by atoms with Gasteiger partial charge in [0.1, 0.15) is 11.6 Å². The molecule has 1 aliphatic carbocycles. The zero-order chi connectivity index (χ0) is 13.8. The number of carbonyl (C=O) groups excluding carboxylic acids is 1. The smallest absolute Gasteiger partial charge is 0.310 e. The summed E-state index contributed by atoms with van der Waals surface area (Å²) in [6.07, 6.45) is 4.05. The van der Waals surface area contributed by atoms with Gasteiger partial charge in [-0.3, -0.25) is 4.79 Å². The summed E-state index contributed by atoms with van der Waals surface area (Å²) in [4.78, 5) is 20.4. The third-order valence-corrected chi connectivity index (χ3v) is 2.96. The highest BCUT2D eigenvalue weighted by molar-refractivity contribution is 5.72. The van der Waals surface area contributed by atoms with Crippen LogP contribution in [0.1, 0.15) is 45.4 Å². The largest absolute Gasteiger partial charge is 0.463 e. The topological polar surface area (TPSA) is 64.1 Å². The molecule has 1 atom stereocenters. The van der Waals surface area contributed by atoms with Crippen molar-refractivity contribution in [1.82, 2.24) is 9.97 Å². The van der Waals surface area contributed by atoms with Crippen molar-refractivity contribution in [2.45, 2.75) is 45.6 Å². The molecule has 0 amide bonds. The Hall–Kier alpha value is -1.65. The van der Waals surface area contributed by atoms with Crippen molar-refractivity contribution in [3.8, 4) is 0 Å². The Labute approximate surface area is 113 Å². The Morgan fingerprint density at radius 2 is 2.21 bits per heavy atom. The van der Waals surface area contributed by atoms with Crippen LogP contribution in [0, 0.1) is 5.92 Å². The quantitative estimate of drug-likeness (QED) is 0.798. The first kappa shape index (κ1) is 13.8. The fraction of sp³-hybridized carbons (Fsp3) is 0.643. The Bertz CT molecular complexity index is 444. The lowest BCUT2D eigenvalue weighted by Gasteiger charge is -2.14. The number of rotatable bonds is 6. The molecule has 0 aromatic carbocycles.